The Morgan fingerprint density at radius 2 is 1.94 bits per heavy atom. The fourth-order valence-electron chi connectivity index (χ4n) is 1.18. The zero-order chi connectivity index (χ0) is 12.1. The third-order valence-electron chi connectivity index (χ3n) is 1.93. The van der Waals surface area contributed by atoms with Crippen LogP contribution in [0.2, 0.25) is 0 Å². The lowest BCUT2D eigenvalue weighted by atomic mass is 10.3. The van der Waals surface area contributed by atoms with Crippen molar-refractivity contribution >= 4 is 11.8 Å². The number of nitrogens with one attached hydrogen (secondary N) is 1. The Labute approximate surface area is 97.1 Å². The number of rotatable bonds is 2. The van der Waals surface area contributed by atoms with Crippen LogP contribution in [0.25, 0.3) is 0 Å². The van der Waals surface area contributed by atoms with Crippen LogP contribution >= 0.6 is 0 Å². The van der Waals surface area contributed by atoms with Crippen LogP contribution in [-0.2, 0) is 0 Å². The Balaban J connectivity index is 1.96. The highest BCUT2D eigenvalue weighted by molar-refractivity contribution is 5.85. The number of ether oxygens (including phenoxy) is 1. The molecule has 0 atom stereocenters. The molecule has 0 aliphatic carbocycles. The molecular formula is C12H9FN2O2. The first-order valence-electron chi connectivity index (χ1n) is 4.89. The number of amides is 1. The Hall–Kier alpha value is -2.43. The number of benzene rings is 1. The SMILES string of the molecule is O=C(Nc1ccc(F)cc1)Oc1ccccn1. The quantitative estimate of drug-likeness (QED) is 0.866. The van der Waals surface area contributed by atoms with Gasteiger partial charge in [0.05, 0.1) is 0 Å². The molecule has 0 aliphatic rings. The van der Waals surface area contributed by atoms with Gasteiger partial charge in [0.2, 0.25) is 5.88 Å². The van der Waals surface area contributed by atoms with Gasteiger partial charge in [-0.3, -0.25) is 5.32 Å². The van der Waals surface area contributed by atoms with Crippen LogP contribution in [0.5, 0.6) is 5.88 Å². The van der Waals surface area contributed by atoms with Crippen molar-refractivity contribution in [3.05, 3.63) is 54.5 Å². The van der Waals surface area contributed by atoms with Crippen molar-refractivity contribution in [2.24, 2.45) is 0 Å². The van der Waals surface area contributed by atoms with Gasteiger partial charge in [-0.15, -0.1) is 0 Å². The van der Waals surface area contributed by atoms with E-state index in [0.717, 1.165) is 0 Å². The van der Waals surface area contributed by atoms with E-state index in [1.54, 1.807) is 18.2 Å². The zero-order valence-electron chi connectivity index (χ0n) is 8.76. The molecule has 1 heterocycles. The van der Waals surface area contributed by atoms with Crippen molar-refractivity contribution in [3.8, 4) is 5.88 Å². The van der Waals surface area contributed by atoms with Gasteiger partial charge in [-0.1, -0.05) is 6.07 Å². The highest BCUT2D eigenvalue weighted by Gasteiger charge is 2.05. The van der Waals surface area contributed by atoms with Gasteiger partial charge >= 0.3 is 6.09 Å². The van der Waals surface area contributed by atoms with E-state index in [1.165, 1.54) is 30.5 Å². The van der Waals surface area contributed by atoms with E-state index >= 15 is 0 Å². The average Bonchev–Trinajstić information content (AvgIpc) is 2.33. The van der Waals surface area contributed by atoms with Crippen molar-refractivity contribution in [1.82, 2.24) is 4.98 Å². The molecule has 1 N–H and O–H groups in total. The molecule has 4 nitrogen and oxygen atoms in total. The van der Waals surface area contributed by atoms with Crippen LogP contribution in [0.4, 0.5) is 14.9 Å². The summed E-state index contributed by atoms with van der Waals surface area (Å²) in [6.07, 6.45) is 0.843. The first kappa shape index (κ1) is 11.1. The van der Waals surface area contributed by atoms with E-state index in [2.05, 4.69) is 10.3 Å². The van der Waals surface area contributed by atoms with Crippen LogP contribution in [0.1, 0.15) is 0 Å². The third kappa shape index (κ3) is 3.27. The van der Waals surface area contributed by atoms with E-state index in [4.69, 9.17) is 4.74 Å². The summed E-state index contributed by atoms with van der Waals surface area (Å²) in [5, 5.41) is 2.45. The van der Waals surface area contributed by atoms with Crippen LogP contribution in [0.3, 0.4) is 0 Å². The second kappa shape index (κ2) is 5.07. The highest BCUT2D eigenvalue weighted by Crippen LogP contribution is 2.10. The molecule has 0 spiro atoms. The maximum absolute atomic E-state index is 12.6. The lowest BCUT2D eigenvalue weighted by molar-refractivity contribution is 0.213. The summed E-state index contributed by atoms with van der Waals surface area (Å²) in [6.45, 7) is 0. The molecule has 5 heteroatoms. The molecule has 0 aliphatic heterocycles. The standard InChI is InChI=1S/C12H9FN2O2/c13-9-4-6-10(7-5-9)15-12(16)17-11-3-1-2-8-14-11/h1-8H,(H,15,16). The number of aromatic nitrogens is 1. The Morgan fingerprint density at radius 1 is 1.18 bits per heavy atom. The van der Waals surface area contributed by atoms with Crippen molar-refractivity contribution in [1.29, 1.82) is 0 Å². The number of anilines is 1. The maximum atomic E-state index is 12.6. The fourth-order valence-corrected chi connectivity index (χ4v) is 1.18. The van der Waals surface area contributed by atoms with Gasteiger partial charge in [0.1, 0.15) is 5.82 Å². The zero-order valence-corrected chi connectivity index (χ0v) is 8.76. The van der Waals surface area contributed by atoms with Crippen molar-refractivity contribution in [2.45, 2.75) is 0 Å². The van der Waals surface area contributed by atoms with Crippen LogP contribution in [0.15, 0.2) is 48.7 Å². The van der Waals surface area contributed by atoms with Gasteiger partial charge in [-0.2, -0.15) is 0 Å². The molecule has 0 bridgehead atoms. The fraction of sp³-hybridized carbons (Fsp3) is 0. The number of hydrogen-bond acceptors (Lipinski definition) is 3. The molecule has 86 valence electrons. The lowest BCUT2D eigenvalue weighted by Gasteiger charge is -2.05. The Kier molecular flexibility index (Phi) is 3.30. The lowest BCUT2D eigenvalue weighted by Crippen LogP contribution is -2.17. The van der Waals surface area contributed by atoms with Crippen LogP contribution in [-0.4, -0.2) is 11.1 Å². The van der Waals surface area contributed by atoms with Gasteiger partial charge in [0.25, 0.3) is 0 Å². The molecule has 1 aromatic heterocycles. The summed E-state index contributed by atoms with van der Waals surface area (Å²) in [6, 6.07) is 10.3. The number of hydrogen-bond donors (Lipinski definition) is 1. The van der Waals surface area contributed by atoms with Gasteiger partial charge in [0, 0.05) is 18.0 Å². The number of carbonyl (C=O) groups excluding carboxylic acids is 1. The normalized spacial score (nSPS) is 9.71. The van der Waals surface area contributed by atoms with Gasteiger partial charge in [-0.25, -0.2) is 14.2 Å². The predicted octanol–water partition coefficient (Wildman–Crippen LogP) is 2.83. The van der Waals surface area contributed by atoms with E-state index in [1.807, 2.05) is 0 Å². The van der Waals surface area contributed by atoms with E-state index in [0.29, 0.717) is 5.69 Å². The average molecular weight is 232 g/mol. The molecule has 1 amide bonds. The number of carbonyl (C=O) groups is 1. The van der Waals surface area contributed by atoms with E-state index in [9.17, 15) is 9.18 Å². The molecule has 0 radical (unpaired) electrons. The largest absolute Gasteiger partial charge is 0.418 e. The molecule has 0 saturated carbocycles. The van der Waals surface area contributed by atoms with E-state index < -0.39 is 6.09 Å². The summed E-state index contributed by atoms with van der Waals surface area (Å²) in [5.74, 6) is -0.166. The minimum Gasteiger partial charge on any atom is -0.391 e. The number of pyridine rings is 1. The minimum atomic E-state index is -0.671. The molecular weight excluding hydrogens is 223 g/mol. The van der Waals surface area contributed by atoms with Gasteiger partial charge < -0.3 is 4.74 Å². The van der Waals surface area contributed by atoms with Crippen molar-refractivity contribution < 1.29 is 13.9 Å². The molecule has 2 rings (SSSR count). The maximum Gasteiger partial charge on any atom is 0.418 e. The summed E-state index contributed by atoms with van der Waals surface area (Å²) in [5.41, 5.74) is 0.451. The molecule has 0 saturated heterocycles. The van der Waals surface area contributed by atoms with Crippen LogP contribution in [0, 0.1) is 5.82 Å². The second-order valence-corrected chi connectivity index (χ2v) is 3.19. The first-order valence-corrected chi connectivity index (χ1v) is 4.89. The number of halogens is 1. The van der Waals surface area contributed by atoms with Gasteiger partial charge in [-0.05, 0) is 30.3 Å². The molecule has 17 heavy (non-hydrogen) atoms. The first-order chi connectivity index (χ1) is 8.24. The summed E-state index contributed by atoms with van der Waals surface area (Å²) >= 11 is 0. The smallest absolute Gasteiger partial charge is 0.391 e. The number of nitrogens with zero attached hydrogens (tertiary/aromatic N) is 1. The topological polar surface area (TPSA) is 51.2 Å². The van der Waals surface area contributed by atoms with Crippen molar-refractivity contribution in [3.63, 3.8) is 0 Å². The van der Waals surface area contributed by atoms with E-state index in [-0.39, 0.29) is 11.7 Å². The van der Waals surface area contributed by atoms with Crippen molar-refractivity contribution in [2.75, 3.05) is 5.32 Å². The molecule has 0 unspecified atom stereocenters. The van der Waals surface area contributed by atoms with Crippen LogP contribution < -0.4 is 10.1 Å². The third-order valence-corrected chi connectivity index (χ3v) is 1.93. The second-order valence-electron chi connectivity index (χ2n) is 3.19. The molecule has 2 aromatic rings. The Morgan fingerprint density at radius 3 is 2.59 bits per heavy atom. The van der Waals surface area contributed by atoms with Gasteiger partial charge in [0.15, 0.2) is 0 Å². The summed E-state index contributed by atoms with van der Waals surface area (Å²) in [4.78, 5) is 15.2. The molecule has 1 aromatic carbocycles. The molecule has 0 fully saturated rings. The Bertz CT molecular complexity index is 500. The minimum absolute atomic E-state index is 0.201. The summed E-state index contributed by atoms with van der Waals surface area (Å²) in [7, 11) is 0. The monoisotopic (exact) mass is 232 g/mol. The summed E-state index contributed by atoms with van der Waals surface area (Å²) < 4.78 is 17.5. The highest BCUT2D eigenvalue weighted by atomic mass is 19.1. The predicted molar refractivity (Wildman–Crippen MR) is 60.3 cm³/mol.